The van der Waals surface area contributed by atoms with Crippen molar-refractivity contribution in [2.45, 2.75) is 96.0 Å². The van der Waals surface area contributed by atoms with E-state index < -0.39 is 29.6 Å². The second kappa shape index (κ2) is 8.40. The molecular formula is C22H33N9O3. The summed E-state index contributed by atoms with van der Waals surface area (Å²) in [4.78, 5) is 28.6. The maximum atomic E-state index is 13.8. The van der Waals surface area contributed by atoms with Gasteiger partial charge in [0.25, 0.3) is 0 Å². The van der Waals surface area contributed by atoms with Crippen LogP contribution >= 0.6 is 0 Å². The van der Waals surface area contributed by atoms with Gasteiger partial charge in [-0.3, -0.25) is 9.59 Å². The zero-order valence-electron chi connectivity index (χ0n) is 20.1. The molecule has 2 aromatic heterocycles. The van der Waals surface area contributed by atoms with Crippen molar-refractivity contribution in [3.05, 3.63) is 17.7 Å². The number of β-amino-alcohol motifs (C(OH)–C–C–N with tert-alkyl or cyclic N) is 1. The standard InChI is InChI=1S/C22H33N9O3/c1-12(19-25-26-28-31(19)14-7-8-14)23-20(33)17-9-15(32)10-29(17)21(34)18(22(2,3)4)30-11-16(24-27-30)13-5-6-13/h11-15,17-18,32H,5-10H2,1-4H3,(H,23,33)/t12?,15-,17+,18-/m1/s1. The van der Waals surface area contributed by atoms with Crippen LogP contribution in [-0.4, -0.2) is 75.7 Å². The average molecular weight is 472 g/mol. The van der Waals surface area contributed by atoms with E-state index in [0.717, 1.165) is 31.4 Å². The molecule has 34 heavy (non-hydrogen) atoms. The molecule has 4 atom stereocenters. The van der Waals surface area contributed by atoms with Crippen LogP contribution in [0.2, 0.25) is 0 Å². The van der Waals surface area contributed by atoms with Crippen molar-refractivity contribution in [2.75, 3.05) is 6.54 Å². The minimum atomic E-state index is -0.786. The number of tetrazole rings is 1. The molecule has 1 unspecified atom stereocenters. The Kier molecular flexibility index (Phi) is 5.65. The van der Waals surface area contributed by atoms with E-state index in [9.17, 15) is 14.7 Å². The number of rotatable bonds is 7. The molecule has 184 valence electrons. The molecule has 0 aromatic carbocycles. The summed E-state index contributed by atoms with van der Waals surface area (Å²) in [6.07, 6.45) is 5.49. The molecule has 3 heterocycles. The summed E-state index contributed by atoms with van der Waals surface area (Å²) in [5, 5.41) is 33.8. The fraction of sp³-hybridized carbons (Fsp3) is 0.773. The van der Waals surface area contributed by atoms with Gasteiger partial charge in [-0.2, -0.15) is 0 Å². The van der Waals surface area contributed by atoms with Gasteiger partial charge in [0.2, 0.25) is 11.8 Å². The maximum Gasteiger partial charge on any atom is 0.248 e. The number of hydrogen-bond donors (Lipinski definition) is 2. The van der Waals surface area contributed by atoms with Crippen LogP contribution in [-0.2, 0) is 9.59 Å². The van der Waals surface area contributed by atoms with Crippen LogP contribution in [0.3, 0.4) is 0 Å². The monoisotopic (exact) mass is 471 g/mol. The van der Waals surface area contributed by atoms with E-state index in [1.54, 1.807) is 9.36 Å². The van der Waals surface area contributed by atoms with Crippen molar-refractivity contribution < 1.29 is 14.7 Å². The van der Waals surface area contributed by atoms with Crippen LogP contribution in [0.25, 0.3) is 0 Å². The van der Waals surface area contributed by atoms with Gasteiger partial charge in [0.15, 0.2) is 5.82 Å². The number of amides is 2. The van der Waals surface area contributed by atoms with Crippen LogP contribution in [0.5, 0.6) is 0 Å². The molecular weight excluding hydrogens is 438 g/mol. The number of carbonyl (C=O) groups excluding carboxylic acids is 2. The third kappa shape index (κ3) is 4.42. The van der Waals surface area contributed by atoms with Crippen LogP contribution < -0.4 is 5.32 Å². The normalized spacial score (nSPS) is 24.8. The van der Waals surface area contributed by atoms with Gasteiger partial charge in [-0.05, 0) is 48.4 Å². The highest BCUT2D eigenvalue weighted by atomic mass is 16.3. The van der Waals surface area contributed by atoms with E-state index in [2.05, 4.69) is 31.2 Å². The Morgan fingerprint density at radius 3 is 2.53 bits per heavy atom. The van der Waals surface area contributed by atoms with Crippen LogP contribution in [0, 0.1) is 5.41 Å². The van der Waals surface area contributed by atoms with Crippen LogP contribution in [0.1, 0.15) is 95.4 Å². The number of carbonyl (C=O) groups is 2. The van der Waals surface area contributed by atoms with Gasteiger partial charge >= 0.3 is 0 Å². The van der Waals surface area contributed by atoms with Gasteiger partial charge in [0.05, 0.1) is 23.9 Å². The Hall–Kier alpha value is -2.89. The third-order valence-corrected chi connectivity index (χ3v) is 6.86. The molecule has 0 radical (unpaired) electrons. The summed E-state index contributed by atoms with van der Waals surface area (Å²) in [5.41, 5.74) is 0.430. The van der Waals surface area contributed by atoms with E-state index in [4.69, 9.17) is 0 Å². The second-order valence-electron chi connectivity index (χ2n) is 11.0. The molecule has 2 saturated carbocycles. The first-order chi connectivity index (χ1) is 16.1. The lowest BCUT2D eigenvalue weighted by atomic mass is 9.85. The Balaban J connectivity index is 1.34. The fourth-order valence-corrected chi connectivity index (χ4v) is 4.77. The first-order valence-electron chi connectivity index (χ1n) is 12.1. The highest BCUT2D eigenvalue weighted by Crippen LogP contribution is 2.40. The number of hydrogen-bond acceptors (Lipinski definition) is 8. The molecule has 3 aliphatic rings. The summed E-state index contributed by atoms with van der Waals surface area (Å²) in [5.74, 6) is 0.444. The number of likely N-dealkylation sites (tertiary alicyclic amines) is 1. The highest BCUT2D eigenvalue weighted by molar-refractivity contribution is 5.90. The van der Waals surface area contributed by atoms with E-state index in [1.165, 1.54) is 4.90 Å². The zero-order chi connectivity index (χ0) is 24.2. The summed E-state index contributed by atoms with van der Waals surface area (Å²) in [6, 6.07) is -1.57. The minimum absolute atomic E-state index is 0.0991. The molecule has 0 spiro atoms. The van der Waals surface area contributed by atoms with Gasteiger partial charge in [0.1, 0.15) is 12.1 Å². The first-order valence-corrected chi connectivity index (χ1v) is 12.1. The van der Waals surface area contributed by atoms with E-state index in [0.29, 0.717) is 11.7 Å². The SMILES string of the molecule is CC(NC(=O)[C@@H]1C[C@@H](O)CN1C(=O)[C@@H](n1cc(C2CC2)nn1)C(C)(C)C)c1nnnn1C1CC1. The number of nitrogens with one attached hydrogen (secondary N) is 1. The van der Waals surface area contributed by atoms with Crippen molar-refractivity contribution in [1.29, 1.82) is 0 Å². The smallest absolute Gasteiger partial charge is 0.248 e. The fourth-order valence-electron chi connectivity index (χ4n) is 4.77. The molecule has 2 aromatic rings. The van der Waals surface area contributed by atoms with Crippen LogP contribution in [0.15, 0.2) is 6.20 Å². The predicted molar refractivity (Wildman–Crippen MR) is 119 cm³/mol. The van der Waals surface area contributed by atoms with Gasteiger partial charge in [-0.25, -0.2) is 9.36 Å². The van der Waals surface area contributed by atoms with Gasteiger partial charge in [-0.15, -0.1) is 10.2 Å². The van der Waals surface area contributed by atoms with Crippen molar-refractivity contribution in [1.82, 2.24) is 45.4 Å². The summed E-state index contributed by atoms with van der Waals surface area (Å²) < 4.78 is 3.39. The molecule has 1 aliphatic heterocycles. The third-order valence-electron chi connectivity index (χ3n) is 6.86. The minimum Gasteiger partial charge on any atom is -0.391 e. The largest absolute Gasteiger partial charge is 0.391 e. The topological polar surface area (TPSA) is 144 Å². The zero-order valence-corrected chi connectivity index (χ0v) is 20.1. The van der Waals surface area contributed by atoms with Crippen molar-refractivity contribution >= 4 is 11.8 Å². The molecule has 0 bridgehead atoms. The van der Waals surface area contributed by atoms with Crippen LogP contribution in [0.4, 0.5) is 0 Å². The highest BCUT2D eigenvalue weighted by Gasteiger charge is 2.46. The number of nitrogens with zero attached hydrogens (tertiary/aromatic N) is 8. The van der Waals surface area contributed by atoms with Gasteiger partial charge < -0.3 is 15.3 Å². The summed E-state index contributed by atoms with van der Waals surface area (Å²) >= 11 is 0. The Morgan fingerprint density at radius 1 is 1.15 bits per heavy atom. The second-order valence-corrected chi connectivity index (χ2v) is 11.0. The lowest BCUT2D eigenvalue weighted by Crippen LogP contribution is -2.50. The first kappa shape index (κ1) is 22.9. The van der Waals surface area contributed by atoms with Gasteiger partial charge in [0, 0.05) is 25.1 Å². The molecule has 5 rings (SSSR count). The van der Waals surface area contributed by atoms with Crippen molar-refractivity contribution in [2.24, 2.45) is 5.41 Å². The average Bonchev–Trinajstić information content (AvgIpc) is 3.66. The molecule has 12 heteroatoms. The summed E-state index contributed by atoms with van der Waals surface area (Å²) in [6.45, 7) is 7.83. The Bertz CT molecular complexity index is 1070. The molecule has 3 fully saturated rings. The molecule has 2 amide bonds. The Morgan fingerprint density at radius 2 is 1.88 bits per heavy atom. The van der Waals surface area contributed by atoms with E-state index in [-0.39, 0.29) is 30.8 Å². The van der Waals surface area contributed by atoms with Gasteiger partial charge in [-0.1, -0.05) is 26.0 Å². The molecule has 1 saturated heterocycles. The number of aromatic nitrogens is 7. The lowest BCUT2D eigenvalue weighted by molar-refractivity contribution is -0.144. The predicted octanol–water partition coefficient (Wildman–Crippen LogP) is 0.903. The summed E-state index contributed by atoms with van der Waals surface area (Å²) in [7, 11) is 0. The number of aliphatic hydroxyl groups excluding tert-OH is 1. The quantitative estimate of drug-likeness (QED) is 0.606. The Labute approximate surface area is 198 Å². The molecule has 2 aliphatic carbocycles. The molecule has 2 N–H and O–H groups in total. The van der Waals surface area contributed by atoms with E-state index in [1.807, 2.05) is 33.9 Å². The molecule has 12 nitrogen and oxygen atoms in total. The number of aliphatic hydroxyl groups is 1. The van der Waals surface area contributed by atoms with E-state index >= 15 is 0 Å². The van der Waals surface area contributed by atoms with Crippen molar-refractivity contribution in [3.63, 3.8) is 0 Å². The van der Waals surface area contributed by atoms with Crippen molar-refractivity contribution in [3.8, 4) is 0 Å². The lowest BCUT2D eigenvalue weighted by Gasteiger charge is -2.34. The maximum absolute atomic E-state index is 13.8.